The van der Waals surface area contributed by atoms with Gasteiger partial charge >= 0.3 is 0 Å². The third-order valence-electron chi connectivity index (χ3n) is 4.90. The van der Waals surface area contributed by atoms with Crippen LogP contribution in [0, 0.1) is 17.8 Å². The Bertz CT molecular complexity index is 717. The number of carbonyl (C=O) groups is 2. The maximum Gasteiger partial charge on any atom is 0.247 e. The summed E-state index contributed by atoms with van der Waals surface area (Å²) in [6.07, 6.45) is 11.8. The molecule has 28 heavy (non-hydrogen) atoms. The molecule has 4 unspecified atom stereocenters. The van der Waals surface area contributed by atoms with Crippen molar-refractivity contribution in [2.45, 2.75) is 58.6 Å². The lowest BCUT2D eigenvalue weighted by Crippen LogP contribution is -2.12. The molecule has 1 fully saturated rings. The molecule has 0 amide bonds. The van der Waals surface area contributed by atoms with Gasteiger partial charge in [0.15, 0.2) is 6.29 Å². The Morgan fingerprint density at radius 3 is 2.36 bits per heavy atom. The van der Waals surface area contributed by atoms with E-state index in [1.54, 1.807) is 18.7 Å². The third-order valence-corrected chi connectivity index (χ3v) is 6.16. The molecule has 0 radical (unpaired) electrons. The molecule has 5 heteroatoms. The molecular formula is C23H33NO3S. The van der Waals surface area contributed by atoms with Crippen LogP contribution in [0.3, 0.4) is 0 Å². The van der Waals surface area contributed by atoms with Crippen molar-refractivity contribution in [2.75, 3.05) is 0 Å². The fourth-order valence-electron chi connectivity index (χ4n) is 3.40. The van der Waals surface area contributed by atoms with Crippen LogP contribution in [-0.4, -0.2) is 22.3 Å². The Morgan fingerprint density at radius 1 is 1.32 bits per heavy atom. The van der Waals surface area contributed by atoms with Crippen LogP contribution in [0.15, 0.2) is 46.8 Å². The molecule has 0 aliphatic heterocycles. The van der Waals surface area contributed by atoms with E-state index >= 15 is 0 Å². The summed E-state index contributed by atoms with van der Waals surface area (Å²) >= 11 is 1.59. The molecule has 1 aromatic rings. The number of fused-ring (bicyclic) bond motifs is 2. The van der Waals surface area contributed by atoms with Gasteiger partial charge < -0.3 is 4.98 Å². The van der Waals surface area contributed by atoms with Crippen LogP contribution in [0.25, 0.3) is 0 Å². The molecule has 2 aliphatic carbocycles. The molecule has 1 N–H and O–H groups in total. The van der Waals surface area contributed by atoms with Crippen LogP contribution in [0.5, 0.6) is 0 Å². The highest BCUT2D eigenvalue weighted by Gasteiger charge is 2.32. The lowest BCUT2D eigenvalue weighted by molar-refractivity contribution is -0.116. The topological polar surface area (TPSA) is 67.0 Å². The minimum absolute atomic E-state index is 0.137. The molecule has 3 rings (SSSR count). The van der Waals surface area contributed by atoms with Crippen molar-refractivity contribution < 1.29 is 9.59 Å². The highest BCUT2D eigenvalue weighted by Crippen LogP contribution is 2.42. The van der Waals surface area contributed by atoms with Gasteiger partial charge in [-0.25, -0.2) is 0 Å². The Balaban J connectivity index is 0.000000212. The first-order chi connectivity index (χ1) is 13.3. The highest BCUT2D eigenvalue weighted by molar-refractivity contribution is 8.04. The molecule has 1 saturated carbocycles. The molecule has 0 spiro atoms. The number of hydrogen-bond donors (Lipinski definition) is 1. The number of hydrogen-bond acceptors (Lipinski definition) is 4. The Morgan fingerprint density at radius 2 is 2.04 bits per heavy atom. The molecule has 4 nitrogen and oxygen atoms in total. The largest absolute Gasteiger partial charge is 0.328 e. The van der Waals surface area contributed by atoms with Gasteiger partial charge in [-0.2, -0.15) is 0 Å². The minimum atomic E-state index is -0.194. The van der Waals surface area contributed by atoms with Crippen molar-refractivity contribution in [1.82, 2.24) is 4.98 Å². The molecule has 2 bridgehead atoms. The lowest BCUT2D eigenvalue weighted by Gasteiger charge is -2.10. The first-order valence-electron chi connectivity index (χ1n) is 9.91. The third kappa shape index (κ3) is 8.87. The van der Waals surface area contributed by atoms with E-state index in [1.807, 2.05) is 6.92 Å². The lowest BCUT2D eigenvalue weighted by atomic mass is 9.96. The van der Waals surface area contributed by atoms with E-state index in [0.717, 1.165) is 35.5 Å². The SMILES string of the molecule is C=C(C)SC(CCC)C(C)=O.CC1CC2C=CC1C2.O=Cc1ccc(=O)[nH]c1. The van der Waals surface area contributed by atoms with E-state index in [2.05, 4.69) is 37.6 Å². The van der Waals surface area contributed by atoms with E-state index in [4.69, 9.17) is 0 Å². The van der Waals surface area contributed by atoms with Gasteiger partial charge in [-0.05, 0) is 61.8 Å². The van der Waals surface area contributed by atoms with Crippen LogP contribution in [0.4, 0.5) is 0 Å². The summed E-state index contributed by atoms with van der Waals surface area (Å²) < 4.78 is 0. The number of nitrogens with one attached hydrogen (secondary N) is 1. The van der Waals surface area contributed by atoms with Crippen LogP contribution in [0.1, 0.15) is 63.7 Å². The summed E-state index contributed by atoms with van der Waals surface area (Å²) in [5, 5.41) is 0.137. The predicted octanol–water partition coefficient (Wildman–Crippen LogP) is 5.42. The molecule has 1 heterocycles. The summed E-state index contributed by atoms with van der Waals surface area (Å²) in [4.78, 5) is 34.8. The van der Waals surface area contributed by atoms with Crippen LogP contribution in [0.2, 0.25) is 0 Å². The first kappa shape index (κ1) is 24.2. The standard InChI is InChI=1S/C9H16OS.C8H12.C6H5NO2/c1-5-6-9(8(4)10)11-7(2)3;1-6-4-7-2-3-8(6)5-7;8-4-5-1-2-6(9)7-3-5/h9H,2,5-6H2,1,3-4H3;2-3,6-8H,4-5H2,1H3;1-4H,(H,7,9). The van der Waals surface area contributed by atoms with Crippen molar-refractivity contribution in [3.63, 3.8) is 0 Å². The predicted molar refractivity (Wildman–Crippen MR) is 119 cm³/mol. The number of pyridine rings is 1. The molecule has 2 aliphatic rings. The Hall–Kier alpha value is -1.88. The summed E-state index contributed by atoms with van der Waals surface area (Å²) in [6, 6.07) is 2.77. The van der Waals surface area contributed by atoms with Gasteiger partial charge in [0.25, 0.3) is 0 Å². The van der Waals surface area contributed by atoms with Crippen molar-refractivity contribution in [1.29, 1.82) is 0 Å². The fourth-order valence-corrected chi connectivity index (χ4v) is 4.41. The monoisotopic (exact) mass is 403 g/mol. The summed E-state index contributed by atoms with van der Waals surface area (Å²) in [6.45, 7) is 11.8. The summed E-state index contributed by atoms with van der Waals surface area (Å²) in [5.74, 6) is 3.18. The van der Waals surface area contributed by atoms with Crippen LogP contribution >= 0.6 is 11.8 Å². The smallest absolute Gasteiger partial charge is 0.247 e. The Kier molecular flexibility index (Phi) is 10.8. The number of allylic oxidation sites excluding steroid dienone is 3. The molecule has 154 valence electrons. The van der Waals surface area contributed by atoms with Gasteiger partial charge in [-0.15, -0.1) is 11.8 Å². The number of H-pyrrole nitrogens is 1. The quantitative estimate of drug-likeness (QED) is 0.509. The number of aromatic nitrogens is 1. The average Bonchev–Trinajstić information content (AvgIpc) is 3.25. The van der Waals surface area contributed by atoms with Gasteiger partial charge in [0, 0.05) is 17.8 Å². The van der Waals surface area contributed by atoms with Gasteiger partial charge in [-0.3, -0.25) is 14.4 Å². The van der Waals surface area contributed by atoms with E-state index < -0.39 is 0 Å². The number of aldehydes is 1. The maximum absolute atomic E-state index is 11.0. The number of thioether (sulfide) groups is 1. The number of aromatic amines is 1. The average molecular weight is 404 g/mol. The van der Waals surface area contributed by atoms with E-state index in [1.165, 1.54) is 31.2 Å². The number of carbonyl (C=O) groups excluding carboxylic acids is 2. The van der Waals surface area contributed by atoms with Gasteiger partial charge in [0.1, 0.15) is 5.78 Å². The first-order valence-corrected chi connectivity index (χ1v) is 10.8. The maximum atomic E-state index is 11.0. The van der Waals surface area contributed by atoms with Gasteiger partial charge in [0.05, 0.1) is 5.25 Å². The molecular weight excluding hydrogens is 370 g/mol. The van der Waals surface area contributed by atoms with E-state index in [9.17, 15) is 14.4 Å². The van der Waals surface area contributed by atoms with Gasteiger partial charge in [-0.1, -0.05) is 39.0 Å². The van der Waals surface area contributed by atoms with E-state index in [0.29, 0.717) is 11.8 Å². The van der Waals surface area contributed by atoms with E-state index in [-0.39, 0.29) is 16.6 Å². The zero-order chi connectivity index (χ0) is 21.1. The highest BCUT2D eigenvalue weighted by atomic mass is 32.2. The molecule has 0 saturated heterocycles. The van der Waals surface area contributed by atoms with Gasteiger partial charge in [0.2, 0.25) is 5.56 Å². The van der Waals surface area contributed by atoms with Crippen molar-refractivity contribution in [3.05, 3.63) is 57.9 Å². The second-order valence-electron chi connectivity index (χ2n) is 7.57. The summed E-state index contributed by atoms with van der Waals surface area (Å²) in [7, 11) is 0. The zero-order valence-electron chi connectivity index (χ0n) is 17.4. The Labute approximate surface area is 172 Å². The van der Waals surface area contributed by atoms with Crippen LogP contribution in [-0.2, 0) is 4.79 Å². The zero-order valence-corrected chi connectivity index (χ0v) is 18.3. The number of rotatable bonds is 6. The van der Waals surface area contributed by atoms with Crippen molar-refractivity contribution >= 4 is 23.8 Å². The minimum Gasteiger partial charge on any atom is -0.328 e. The fraction of sp³-hybridized carbons (Fsp3) is 0.522. The second-order valence-corrected chi connectivity index (χ2v) is 9.07. The van der Waals surface area contributed by atoms with Crippen molar-refractivity contribution in [2.24, 2.45) is 17.8 Å². The normalized spacial score (nSPS) is 22.4. The summed E-state index contributed by atoms with van der Waals surface area (Å²) in [5.41, 5.74) is 0.287. The molecule has 1 aromatic heterocycles. The number of ketones is 1. The second kappa shape index (κ2) is 12.6. The van der Waals surface area contributed by atoms with Crippen LogP contribution < -0.4 is 5.56 Å². The molecule has 0 aromatic carbocycles. The number of Topliss-reactive ketones (excluding diaryl/α,β-unsaturated/α-hetero) is 1. The molecule has 4 atom stereocenters. The van der Waals surface area contributed by atoms with Crippen molar-refractivity contribution in [3.8, 4) is 0 Å².